The van der Waals surface area contributed by atoms with E-state index in [2.05, 4.69) is 30.1 Å². The molecular formula is C19H29ClN2. The molecule has 22 heavy (non-hydrogen) atoms. The summed E-state index contributed by atoms with van der Waals surface area (Å²) in [4.78, 5) is 2.41. The largest absolute Gasteiger partial charge is 0.330 e. The maximum absolute atomic E-state index is 6.68. The van der Waals surface area contributed by atoms with Gasteiger partial charge in [0.2, 0.25) is 0 Å². The molecule has 1 saturated heterocycles. The number of nitrogens with two attached hydrogens (primary N) is 1. The van der Waals surface area contributed by atoms with Crippen LogP contribution in [0.2, 0.25) is 5.02 Å². The Hall–Kier alpha value is -0.570. The summed E-state index contributed by atoms with van der Waals surface area (Å²) in [6.45, 7) is 3.10. The van der Waals surface area contributed by atoms with Crippen LogP contribution >= 0.6 is 11.6 Å². The predicted molar refractivity (Wildman–Crippen MR) is 94.7 cm³/mol. The van der Waals surface area contributed by atoms with Gasteiger partial charge < -0.3 is 10.6 Å². The van der Waals surface area contributed by atoms with E-state index in [0.717, 1.165) is 11.6 Å². The van der Waals surface area contributed by atoms with Crippen LogP contribution in [0.5, 0.6) is 0 Å². The first kappa shape index (κ1) is 16.3. The molecule has 1 saturated carbocycles. The maximum Gasteiger partial charge on any atom is 0.0443 e. The van der Waals surface area contributed by atoms with Crippen molar-refractivity contribution < 1.29 is 0 Å². The quantitative estimate of drug-likeness (QED) is 0.899. The van der Waals surface area contributed by atoms with Gasteiger partial charge in [-0.05, 0) is 68.9 Å². The van der Waals surface area contributed by atoms with Crippen LogP contribution in [0.1, 0.15) is 62.0 Å². The van der Waals surface area contributed by atoms with E-state index in [0.29, 0.717) is 5.92 Å². The maximum atomic E-state index is 6.68. The van der Waals surface area contributed by atoms with Gasteiger partial charge >= 0.3 is 0 Å². The Morgan fingerprint density at radius 2 is 1.86 bits per heavy atom. The zero-order chi connectivity index (χ0) is 15.6. The molecule has 1 aromatic carbocycles. The molecule has 0 aromatic heterocycles. The SMILES string of the molecule is CN1CCC(c2ccc(C3(CN)CCCCC3)cc2Cl)CC1. The van der Waals surface area contributed by atoms with Crippen LogP contribution in [0.3, 0.4) is 0 Å². The van der Waals surface area contributed by atoms with Crippen molar-refractivity contribution in [3.05, 3.63) is 34.3 Å². The monoisotopic (exact) mass is 320 g/mol. The lowest BCUT2D eigenvalue weighted by Crippen LogP contribution is -2.37. The van der Waals surface area contributed by atoms with Crippen molar-refractivity contribution in [2.45, 2.75) is 56.3 Å². The minimum atomic E-state index is 0.174. The molecule has 0 bridgehead atoms. The molecule has 2 N–H and O–H groups in total. The smallest absolute Gasteiger partial charge is 0.0443 e. The van der Waals surface area contributed by atoms with Gasteiger partial charge in [0.1, 0.15) is 0 Å². The number of hydrogen-bond donors (Lipinski definition) is 1. The number of piperidine rings is 1. The molecule has 122 valence electrons. The number of likely N-dealkylation sites (tertiary alicyclic amines) is 1. The Bertz CT molecular complexity index is 500. The van der Waals surface area contributed by atoms with Gasteiger partial charge in [0.15, 0.2) is 0 Å². The average Bonchev–Trinajstić information content (AvgIpc) is 2.56. The lowest BCUT2D eigenvalue weighted by molar-refractivity contribution is 0.255. The Morgan fingerprint density at radius 1 is 1.18 bits per heavy atom. The van der Waals surface area contributed by atoms with E-state index in [-0.39, 0.29) is 5.41 Å². The Balaban J connectivity index is 1.82. The van der Waals surface area contributed by atoms with Crippen molar-refractivity contribution in [3.63, 3.8) is 0 Å². The predicted octanol–water partition coefficient (Wildman–Crippen LogP) is 4.31. The van der Waals surface area contributed by atoms with Gasteiger partial charge in [-0.2, -0.15) is 0 Å². The van der Waals surface area contributed by atoms with E-state index in [4.69, 9.17) is 17.3 Å². The summed E-state index contributed by atoms with van der Waals surface area (Å²) < 4.78 is 0. The highest BCUT2D eigenvalue weighted by atomic mass is 35.5. The van der Waals surface area contributed by atoms with Crippen LogP contribution in [-0.4, -0.2) is 31.6 Å². The van der Waals surface area contributed by atoms with Crippen LogP contribution in [0.25, 0.3) is 0 Å². The van der Waals surface area contributed by atoms with Crippen molar-refractivity contribution in [1.29, 1.82) is 0 Å². The lowest BCUT2D eigenvalue weighted by atomic mass is 9.69. The molecule has 0 unspecified atom stereocenters. The zero-order valence-electron chi connectivity index (χ0n) is 13.8. The number of nitrogens with zero attached hydrogens (tertiary/aromatic N) is 1. The molecule has 2 nitrogen and oxygen atoms in total. The van der Waals surface area contributed by atoms with Crippen molar-refractivity contribution in [2.24, 2.45) is 5.73 Å². The van der Waals surface area contributed by atoms with Gasteiger partial charge in [-0.1, -0.05) is 43.0 Å². The number of rotatable bonds is 3. The number of benzene rings is 1. The van der Waals surface area contributed by atoms with Crippen molar-refractivity contribution in [3.8, 4) is 0 Å². The zero-order valence-corrected chi connectivity index (χ0v) is 14.5. The second-order valence-corrected chi connectivity index (χ2v) is 7.77. The molecule has 1 heterocycles. The van der Waals surface area contributed by atoms with Crippen LogP contribution in [0.15, 0.2) is 18.2 Å². The standard InChI is InChI=1S/C19H29ClN2/c1-22-11-7-15(8-12-22)17-6-5-16(13-18(17)20)19(14-21)9-3-2-4-10-19/h5-6,13,15H,2-4,7-12,14,21H2,1H3. The molecule has 0 radical (unpaired) electrons. The molecule has 2 fully saturated rings. The third kappa shape index (κ3) is 3.20. The first-order chi connectivity index (χ1) is 10.6. The summed E-state index contributed by atoms with van der Waals surface area (Å²) in [6.07, 6.45) is 8.82. The number of halogens is 1. The molecule has 2 aliphatic rings. The van der Waals surface area contributed by atoms with Gasteiger partial charge in [0, 0.05) is 17.0 Å². The summed E-state index contributed by atoms with van der Waals surface area (Å²) in [6, 6.07) is 6.84. The average molecular weight is 321 g/mol. The summed E-state index contributed by atoms with van der Waals surface area (Å²) in [5, 5.41) is 0.963. The minimum absolute atomic E-state index is 0.174. The highest BCUT2D eigenvalue weighted by molar-refractivity contribution is 6.31. The Morgan fingerprint density at radius 3 is 2.45 bits per heavy atom. The molecule has 0 atom stereocenters. The van der Waals surface area contributed by atoms with Gasteiger partial charge in [0.25, 0.3) is 0 Å². The van der Waals surface area contributed by atoms with Gasteiger partial charge in [0.05, 0.1) is 0 Å². The lowest BCUT2D eigenvalue weighted by Gasteiger charge is -2.37. The first-order valence-corrected chi connectivity index (χ1v) is 9.21. The summed E-state index contributed by atoms with van der Waals surface area (Å²) in [5.74, 6) is 0.623. The highest BCUT2D eigenvalue weighted by Gasteiger charge is 2.33. The third-order valence-electron chi connectivity index (χ3n) is 5.97. The van der Waals surface area contributed by atoms with E-state index in [1.807, 2.05) is 0 Å². The number of hydrogen-bond acceptors (Lipinski definition) is 2. The Kier molecular flexibility index (Phi) is 5.11. The van der Waals surface area contributed by atoms with E-state index >= 15 is 0 Å². The second-order valence-electron chi connectivity index (χ2n) is 7.36. The van der Waals surface area contributed by atoms with E-state index in [9.17, 15) is 0 Å². The molecular weight excluding hydrogens is 292 g/mol. The van der Waals surface area contributed by atoms with E-state index in [1.54, 1.807) is 0 Å². The van der Waals surface area contributed by atoms with E-state index in [1.165, 1.54) is 69.2 Å². The van der Waals surface area contributed by atoms with Crippen LogP contribution in [0.4, 0.5) is 0 Å². The molecule has 3 rings (SSSR count). The van der Waals surface area contributed by atoms with Gasteiger partial charge in [-0.15, -0.1) is 0 Å². The van der Waals surface area contributed by atoms with Crippen LogP contribution < -0.4 is 5.73 Å². The third-order valence-corrected chi connectivity index (χ3v) is 6.30. The summed E-state index contributed by atoms with van der Waals surface area (Å²) in [7, 11) is 2.20. The minimum Gasteiger partial charge on any atom is -0.330 e. The van der Waals surface area contributed by atoms with Crippen molar-refractivity contribution in [2.75, 3.05) is 26.7 Å². The fraction of sp³-hybridized carbons (Fsp3) is 0.684. The fourth-order valence-corrected chi connectivity index (χ4v) is 4.68. The van der Waals surface area contributed by atoms with Crippen LogP contribution in [-0.2, 0) is 5.41 Å². The van der Waals surface area contributed by atoms with Crippen LogP contribution in [0, 0.1) is 0 Å². The van der Waals surface area contributed by atoms with Gasteiger partial charge in [-0.3, -0.25) is 0 Å². The first-order valence-electron chi connectivity index (χ1n) is 8.83. The normalized spacial score (nSPS) is 23.6. The molecule has 0 spiro atoms. The topological polar surface area (TPSA) is 29.3 Å². The van der Waals surface area contributed by atoms with Crippen molar-refractivity contribution in [1.82, 2.24) is 4.90 Å². The molecule has 0 amide bonds. The second kappa shape index (κ2) is 6.90. The molecule has 1 aliphatic heterocycles. The van der Waals surface area contributed by atoms with Gasteiger partial charge in [-0.25, -0.2) is 0 Å². The Labute approximate surface area is 140 Å². The molecule has 3 heteroatoms. The molecule has 1 aliphatic carbocycles. The summed E-state index contributed by atoms with van der Waals surface area (Å²) in [5.41, 5.74) is 9.06. The molecule has 1 aromatic rings. The summed E-state index contributed by atoms with van der Waals surface area (Å²) >= 11 is 6.68. The fourth-order valence-electron chi connectivity index (χ4n) is 4.35. The van der Waals surface area contributed by atoms with Crippen molar-refractivity contribution >= 4 is 11.6 Å². The highest BCUT2D eigenvalue weighted by Crippen LogP contribution is 2.41. The van der Waals surface area contributed by atoms with E-state index < -0.39 is 0 Å².